The molecule has 2 atom stereocenters. The third-order valence-electron chi connectivity index (χ3n) is 5.10. The van der Waals surface area contributed by atoms with Gasteiger partial charge in [-0.2, -0.15) is 17.0 Å². The largest absolute Gasteiger partial charge is 0.311 e. The van der Waals surface area contributed by atoms with Crippen molar-refractivity contribution < 1.29 is 12.8 Å². The van der Waals surface area contributed by atoms with E-state index in [1.807, 2.05) is 0 Å². The molecule has 3 aliphatic rings. The number of halogens is 2. The molecule has 0 spiro atoms. The highest BCUT2D eigenvalue weighted by Gasteiger charge is 2.45. The van der Waals surface area contributed by atoms with Crippen LogP contribution < -0.4 is 5.32 Å². The maximum Gasteiger partial charge on any atom is 0.282 e. The number of hydrogen-bond acceptors (Lipinski definition) is 3. The number of hydrogen-bond donors (Lipinski definition) is 1. The average molecular weight is 372 g/mol. The van der Waals surface area contributed by atoms with E-state index in [9.17, 15) is 12.8 Å². The Morgan fingerprint density at radius 1 is 1.33 bits per heavy atom. The lowest BCUT2D eigenvalue weighted by molar-refractivity contribution is 0.309. The van der Waals surface area contributed by atoms with Crippen LogP contribution in [-0.4, -0.2) is 55.3 Å². The van der Waals surface area contributed by atoms with Gasteiger partial charge in [-0.15, -0.1) is 0 Å². The van der Waals surface area contributed by atoms with Gasteiger partial charge in [0.15, 0.2) is 0 Å². The molecule has 4 rings (SSSR count). The number of piperazine rings is 1. The Kier molecular flexibility index (Phi) is 4.17. The molecule has 1 N–H and O–H groups in total. The average Bonchev–Trinajstić information content (AvgIpc) is 3.21. The minimum atomic E-state index is -3.45. The summed E-state index contributed by atoms with van der Waals surface area (Å²) in [6.45, 7) is 1.90. The van der Waals surface area contributed by atoms with Crippen molar-refractivity contribution in [3.8, 4) is 0 Å². The summed E-state index contributed by atoms with van der Waals surface area (Å²) in [5.41, 5.74) is 1.27. The normalized spacial score (nSPS) is 28.3. The molecule has 5 nitrogen and oxygen atoms in total. The fraction of sp³-hybridized carbons (Fsp3) is 0.500. The van der Waals surface area contributed by atoms with Crippen LogP contribution in [0, 0.1) is 5.82 Å². The van der Waals surface area contributed by atoms with E-state index in [2.05, 4.69) is 5.32 Å². The van der Waals surface area contributed by atoms with Crippen molar-refractivity contribution in [1.82, 2.24) is 13.9 Å². The molecular formula is C16H19ClFN3O2S. The van der Waals surface area contributed by atoms with Crippen molar-refractivity contribution in [2.75, 3.05) is 26.2 Å². The van der Waals surface area contributed by atoms with Gasteiger partial charge < -0.3 is 5.32 Å². The lowest BCUT2D eigenvalue weighted by Gasteiger charge is -2.34. The molecule has 1 aromatic carbocycles. The van der Waals surface area contributed by atoms with Crippen LogP contribution in [0.5, 0.6) is 0 Å². The zero-order valence-electron chi connectivity index (χ0n) is 13.1. The zero-order valence-corrected chi connectivity index (χ0v) is 14.7. The number of benzene rings is 1. The SMILES string of the molecule is O=S(=O)(N1CC=C(c2cccc(Cl)c2F)CC1)N1C[C@@H]2C[C@H]1CN2. The second-order valence-corrected chi connectivity index (χ2v) is 8.80. The molecule has 1 aromatic rings. The third-order valence-corrected chi connectivity index (χ3v) is 7.41. The van der Waals surface area contributed by atoms with Crippen LogP contribution in [0.3, 0.4) is 0 Å². The highest BCUT2D eigenvalue weighted by Crippen LogP contribution is 2.32. The molecule has 0 aliphatic carbocycles. The van der Waals surface area contributed by atoms with Crippen molar-refractivity contribution in [3.05, 3.63) is 40.7 Å². The van der Waals surface area contributed by atoms with Crippen molar-refractivity contribution >= 4 is 27.4 Å². The first kappa shape index (κ1) is 16.5. The summed E-state index contributed by atoms with van der Waals surface area (Å²) < 4.78 is 42.9. The summed E-state index contributed by atoms with van der Waals surface area (Å²) in [7, 11) is -3.45. The molecule has 24 heavy (non-hydrogen) atoms. The van der Waals surface area contributed by atoms with Crippen molar-refractivity contribution in [2.24, 2.45) is 0 Å². The quantitative estimate of drug-likeness (QED) is 0.882. The minimum Gasteiger partial charge on any atom is -0.311 e. The van der Waals surface area contributed by atoms with Gasteiger partial charge in [-0.25, -0.2) is 4.39 Å². The van der Waals surface area contributed by atoms with Gasteiger partial charge in [-0.1, -0.05) is 29.8 Å². The van der Waals surface area contributed by atoms with E-state index in [1.165, 1.54) is 10.4 Å². The number of nitrogens with one attached hydrogen (secondary N) is 1. The molecular weight excluding hydrogens is 353 g/mol. The van der Waals surface area contributed by atoms with Crippen LogP contribution in [0.15, 0.2) is 24.3 Å². The molecule has 0 saturated carbocycles. The van der Waals surface area contributed by atoms with Crippen LogP contribution in [0.2, 0.25) is 5.02 Å². The highest BCUT2D eigenvalue weighted by atomic mass is 35.5. The Morgan fingerprint density at radius 3 is 2.79 bits per heavy atom. The topological polar surface area (TPSA) is 52.7 Å². The van der Waals surface area contributed by atoms with E-state index in [-0.39, 0.29) is 23.7 Å². The van der Waals surface area contributed by atoms with Crippen LogP contribution >= 0.6 is 11.6 Å². The summed E-state index contributed by atoms with van der Waals surface area (Å²) in [4.78, 5) is 0. The second kappa shape index (κ2) is 6.07. The van der Waals surface area contributed by atoms with Gasteiger partial charge in [0.25, 0.3) is 10.2 Å². The van der Waals surface area contributed by atoms with Crippen LogP contribution in [0.25, 0.3) is 5.57 Å². The monoisotopic (exact) mass is 371 g/mol. The van der Waals surface area contributed by atoms with E-state index in [4.69, 9.17) is 11.6 Å². The molecule has 2 fully saturated rings. The Hall–Kier alpha value is -0.990. The smallest absolute Gasteiger partial charge is 0.282 e. The summed E-state index contributed by atoms with van der Waals surface area (Å²) in [5.74, 6) is -0.440. The van der Waals surface area contributed by atoms with Crippen LogP contribution in [0.4, 0.5) is 4.39 Å². The zero-order chi connectivity index (χ0) is 16.9. The summed E-state index contributed by atoms with van der Waals surface area (Å²) >= 11 is 5.84. The van der Waals surface area contributed by atoms with Gasteiger partial charge in [0.2, 0.25) is 0 Å². The van der Waals surface area contributed by atoms with Gasteiger partial charge in [-0.05, 0) is 24.5 Å². The fourth-order valence-electron chi connectivity index (χ4n) is 3.81. The highest BCUT2D eigenvalue weighted by molar-refractivity contribution is 7.86. The fourth-order valence-corrected chi connectivity index (χ4v) is 5.77. The van der Waals surface area contributed by atoms with Crippen molar-refractivity contribution in [1.29, 1.82) is 0 Å². The Balaban J connectivity index is 1.53. The van der Waals surface area contributed by atoms with Gasteiger partial charge >= 0.3 is 0 Å². The van der Waals surface area contributed by atoms with Crippen molar-refractivity contribution in [2.45, 2.75) is 24.9 Å². The van der Waals surface area contributed by atoms with Gasteiger partial charge in [0.05, 0.1) is 5.02 Å². The molecule has 3 aliphatic heterocycles. The predicted octanol–water partition coefficient (Wildman–Crippen LogP) is 1.86. The Bertz CT molecular complexity index is 799. The van der Waals surface area contributed by atoms with E-state index < -0.39 is 16.0 Å². The van der Waals surface area contributed by atoms with Crippen LogP contribution in [-0.2, 0) is 10.2 Å². The maximum absolute atomic E-state index is 14.1. The molecule has 0 aromatic heterocycles. The first-order valence-electron chi connectivity index (χ1n) is 8.10. The van der Waals surface area contributed by atoms with E-state index >= 15 is 0 Å². The molecule has 0 radical (unpaired) electrons. The lowest BCUT2D eigenvalue weighted by atomic mass is 10.00. The number of rotatable bonds is 3. The lowest BCUT2D eigenvalue weighted by Crippen LogP contribution is -2.52. The maximum atomic E-state index is 14.1. The molecule has 8 heteroatoms. The van der Waals surface area contributed by atoms with Crippen molar-refractivity contribution in [3.63, 3.8) is 0 Å². The Labute approximate surface area is 146 Å². The third kappa shape index (κ3) is 2.68. The first-order chi connectivity index (χ1) is 11.5. The van der Waals surface area contributed by atoms with Gasteiger partial charge in [-0.3, -0.25) is 0 Å². The second-order valence-electron chi connectivity index (χ2n) is 6.51. The standard InChI is InChI=1S/C16H19ClFN3O2S/c17-15-3-1-2-14(16(15)18)11-4-6-20(7-5-11)24(22,23)21-10-12-8-13(21)9-19-12/h1-4,12-13,19H,5-10H2/t12-,13-/m0/s1. The molecule has 130 valence electrons. The Morgan fingerprint density at radius 2 is 2.17 bits per heavy atom. The van der Waals surface area contributed by atoms with Gasteiger partial charge in [0, 0.05) is 43.8 Å². The molecule has 2 saturated heterocycles. The van der Waals surface area contributed by atoms with Crippen LogP contribution in [0.1, 0.15) is 18.4 Å². The molecule has 0 amide bonds. The summed E-state index contributed by atoms with van der Waals surface area (Å²) in [6.07, 6.45) is 3.17. The molecule has 0 unspecified atom stereocenters. The van der Waals surface area contributed by atoms with Gasteiger partial charge in [0.1, 0.15) is 5.82 Å². The molecule has 2 bridgehead atoms. The minimum absolute atomic E-state index is 0.0655. The summed E-state index contributed by atoms with van der Waals surface area (Å²) in [5, 5.41) is 3.40. The van der Waals surface area contributed by atoms with E-state index in [1.54, 1.807) is 22.5 Å². The van der Waals surface area contributed by atoms with E-state index in [0.717, 1.165) is 18.5 Å². The predicted molar refractivity (Wildman–Crippen MR) is 91.4 cm³/mol. The molecule has 3 heterocycles. The van der Waals surface area contributed by atoms with E-state index in [0.29, 0.717) is 25.1 Å². The summed E-state index contributed by atoms with van der Waals surface area (Å²) in [6, 6.07) is 5.25. The number of fused-ring (bicyclic) bond motifs is 2. The number of nitrogens with zero attached hydrogens (tertiary/aromatic N) is 2. The first-order valence-corrected chi connectivity index (χ1v) is 9.88.